The molecule has 0 spiro atoms. The number of hydrogen-bond donors (Lipinski definition) is 1. The maximum absolute atomic E-state index is 11.9. The fraction of sp³-hybridized carbons (Fsp3) is 0.429. The van der Waals surface area contributed by atoms with Crippen LogP contribution in [0.1, 0.15) is 24.8 Å². The number of piperidine rings is 1. The number of oxime groups is 1. The zero-order valence-corrected chi connectivity index (χ0v) is 10.8. The smallest absolute Gasteiger partial charge is 0.260 e. The van der Waals surface area contributed by atoms with Crippen molar-refractivity contribution in [3.05, 3.63) is 29.8 Å². The highest BCUT2D eigenvalue weighted by atomic mass is 16.5. The molecule has 0 saturated carbocycles. The van der Waals surface area contributed by atoms with Crippen molar-refractivity contribution < 1.29 is 14.7 Å². The lowest BCUT2D eigenvalue weighted by molar-refractivity contribution is -0.134. The molecule has 0 aliphatic carbocycles. The molecule has 5 heteroatoms. The zero-order chi connectivity index (χ0) is 13.5. The van der Waals surface area contributed by atoms with Crippen LogP contribution < -0.4 is 4.74 Å². The van der Waals surface area contributed by atoms with Crippen LogP contribution in [0.3, 0.4) is 0 Å². The predicted octanol–water partition coefficient (Wildman–Crippen LogP) is 1.89. The minimum Gasteiger partial charge on any atom is -0.484 e. The molecule has 1 amide bonds. The first-order valence-electron chi connectivity index (χ1n) is 6.47. The summed E-state index contributed by atoms with van der Waals surface area (Å²) < 4.78 is 5.46. The molecule has 2 rings (SSSR count). The number of rotatable bonds is 4. The Morgan fingerprint density at radius 3 is 2.58 bits per heavy atom. The molecule has 0 aromatic heterocycles. The Kier molecular flexibility index (Phi) is 4.78. The topological polar surface area (TPSA) is 62.1 Å². The second-order valence-electron chi connectivity index (χ2n) is 4.54. The van der Waals surface area contributed by atoms with Crippen molar-refractivity contribution in [1.29, 1.82) is 0 Å². The van der Waals surface area contributed by atoms with Crippen molar-refractivity contribution >= 4 is 12.1 Å². The summed E-state index contributed by atoms with van der Waals surface area (Å²) in [6, 6.07) is 7.03. The Hall–Kier alpha value is -2.04. The van der Waals surface area contributed by atoms with Gasteiger partial charge in [0.15, 0.2) is 6.61 Å². The molecule has 1 aromatic rings. The van der Waals surface area contributed by atoms with E-state index in [0.29, 0.717) is 5.75 Å². The third-order valence-electron chi connectivity index (χ3n) is 3.16. The molecular weight excluding hydrogens is 244 g/mol. The second-order valence-corrected chi connectivity index (χ2v) is 4.54. The van der Waals surface area contributed by atoms with Gasteiger partial charge in [-0.15, -0.1) is 0 Å². The average Bonchev–Trinajstić information content (AvgIpc) is 2.47. The standard InChI is InChI=1S/C14H18N2O3/c17-14(16-8-2-1-3-9-16)11-19-13-6-4-12(5-7-13)10-15-18/h4-7,10,18H,1-3,8-9,11H2. The van der Waals surface area contributed by atoms with Gasteiger partial charge in [-0.3, -0.25) is 4.79 Å². The lowest BCUT2D eigenvalue weighted by Gasteiger charge is -2.26. The molecule has 1 aliphatic rings. The van der Waals surface area contributed by atoms with Crippen LogP contribution >= 0.6 is 0 Å². The van der Waals surface area contributed by atoms with Gasteiger partial charge >= 0.3 is 0 Å². The van der Waals surface area contributed by atoms with Crippen LogP contribution in [0.15, 0.2) is 29.4 Å². The van der Waals surface area contributed by atoms with Crippen molar-refractivity contribution in [2.45, 2.75) is 19.3 Å². The largest absolute Gasteiger partial charge is 0.484 e. The van der Waals surface area contributed by atoms with Gasteiger partial charge in [-0.25, -0.2) is 0 Å². The molecule has 0 bridgehead atoms. The third-order valence-corrected chi connectivity index (χ3v) is 3.16. The van der Waals surface area contributed by atoms with E-state index < -0.39 is 0 Å². The monoisotopic (exact) mass is 262 g/mol. The number of carbonyl (C=O) groups excluding carboxylic acids is 1. The minimum absolute atomic E-state index is 0.0423. The van der Waals surface area contributed by atoms with E-state index in [0.717, 1.165) is 31.5 Å². The Morgan fingerprint density at radius 1 is 1.26 bits per heavy atom. The summed E-state index contributed by atoms with van der Waals surface area (Å²) in [6.45, 7) is 1.76. The van der Waals surface area contributed by atoms with Crippen molar-refractivity contribution in [3.8, 4) is 5.75 Å². The molecule has 1 saturated heterocycles. The molecular formula is C14H18N2O3. The lowest BCUT2D eigenvalue weighted by atomic mass is 10.1. The number of ether oxygens (including phenoxy) is 1. The van der Waals surface area contributed by atoms with Gasteiger partial charge in [0.25, 0.3) is 5.91 Å². The molecule has 1 N–H and O–H groups in total. The molecule has 0 unspecified atom stereocenters. The quantitative estimate of drug-likeness (QED) is 0.512. The summed E-state index contributed by atoms with van der Waals surface area (Å²) in [4.78, 5) is 13.7. The van der Waals surface area contributed by atoms with Gasteiger partial charge in [0.1, 0.15) is 5.75 Å². The van der Waals surface area contributed by atoms with Crippen LogP contribution in [0, 0.1) is 0 Å². The summed E-state index contributed by atoms with van der Waals surface area (Å²) in [5.41, 5.74) is 0.775. The van der Waals surface area contributed by atoms with Gasteiger partial charge in [0.05, 0.1) is 6.21 Å². The summed E-state index contributed by atoms with van der Waals surface area (Å²) in [7, 11) is 0. The highest BCUT2D eigenvalue weighted by molar-refractivity contribution is 5.79. The fourth-order valence-electron chi connectivity index (χ4n) is 2.10. The van der Waals surface area contributed by atoms with Crippen LogP contribution in [0.25, 0.3) is 0 Å². The molecule has 1 heterocycles. The highest BCUT2D eigenvalue weighted by Crippen LogP contribution is 2.13. The Bertz CT molecular complexity index is 437. The first-order valence-corrected chi connectivity index (χ1v) is 6.47. The van der Waals surface area contributed by atoms with Gasteiger partial charge in [0.2, 0.25) is 0 Å². The molecule has 19 heavy (non-hydrogen) atoms. The molecule has 102 valence electrons. The Labute approximate surface area is 112 Å². The van der Waals surface area contributed by atoms with Gasteiger partial charge in [0, 0.05) is 13.1 Å². The fourth-order valence-corrected chi connectivity index (χ4v) is 2.10. The molecule has 1 aliphatic heterocycles. The molecule has 0 atom stereocenters. The van der Waals surface area contributed by atoms with E-state index in [9.17, 15) is 4.79 Å². The number of likely N-dealkylation sites (tertiary alicyclic amines) is 1. The number of hydrogen-bond acceptors (Lipinski definition) is 4. The Balaban J connectivity index is 1.82. The van der Waals surface area contributed by atoms with Crippen molar-refractivity contribution in [3.63, 3.8) is 0 Å². The molecule has 5 nitrogen and oxygen atoms in total. The van der Waals surface area contributed by atoms with Crippen LogP contribution in [0.4, 0.5) is 0 Å². The molecule has 1 fully saturated rings. The summed E-state index contributed by atoms with van der Waals surface area (Å²) >= 11 is 0. The summed E-state index contributed by atoms with van der Waals surface area (Å²) in [5, 5.41) is 11.3. The van der Waals surface area contributed by atoms with Crippen molar-refractivity contribution in [2.75, 3.05) is 19.7 Å². The number of amides is 1. The maximum atomic E-state index is 11.9. The number of nitrogens with zero attached hydrogens (tertiary/aromatic N) is 2. The van der Waals surface area contributed by atoms with Crippen LogP contribution in [0.5, 0.6) is 5.75 Å². The van der Waals surface area contributed by atoms with E-state index >= 15 is 0 Å². The number of carbonyl (C=O) groups is 1. The molecule has 1 aromatic carbocycles. The van der Waals surface area contributed by atoms with Crippen LogP contribution in [-0.4, -0.2) is 41.9 Å². The van der Waals surface area contributed by atoms with E-state index in [1.807, 2.05) is 4.90 Å². The van der Waals surface area contributed by atoms with Crippen LogP contribution in [-0.2, 0) is 4.79 Å². The lowest BCUT2D eigenvalue weighted by Crippen LogP contribution is -2.38. The first-order chi connectivity index (χ1) is 9.29. The second kappa shape index (κ2) is 6.78. The third kappa shape index (κ3) is 3.98. The Morgan fingerprint density at radius 2 is 1.95 bits per heavy atom. The highest BCUT2D eigenvalue weighted by Gasteiger charge is 2.16. The van der Waals surface area contributed by atoms with E-state index in [2.05, 4.69) is 5.16 Å². The van der Waals surface area contributed by atoms with Gasteiger partial charge < -0.3 is 14.8 Å². The van der Waals surface area contributed by atoms with Crippen molar-refractivity contribution in [1.82, 2.24) is 4.90 Å². The van der Waals surface area contributed by atoms with E-state index in [-0.39, 0.29) is 12.5 Å². The SMILES string of the molecule is O=C(COc1ccc(C=NO)cc1)N1CCCCC1. The normalized spacial score (nSPS) is 15.7. The van der Waals surface area contributed by atoms with Gasteiger partial charge in [-0.2, -0.15) is 0 Å². The minimum atomic E-state index is 0.0423. The van der Waals surface area contributed by atoms with E-state index in [4.69, 9.17) is 9.94 Å². The van der Waals surface area contributed by atoms with Gasteiger partial charge in [-0.1, -0.05) is 5.16 Å². The first kappa shape index (κ1) is 13.4. The summed E-state index contributed by atoms with van der Waals surface area (Å²) in [5.74, 6) is 0.682. The van der Waals surface area contributed by atoms with E-state index in [1.165, 1.54) is 12.6 Å². The number of benzene rings is 1. The van der Waals surface area contributed by atoms with E-state index in [1.54, 1.807) is 24.3 Å². The summed E-state index contributed by atoms with van der Waals surface area (Å²) in [6.07, 6.45) is 4.71. The van der Waals surface area contributed by atoms with Crippen LogP contribution in [0.2, 0.25) is 0 Å². The average molecular weight is 262 g/mol. The van der Waals surface area contributed by atoms with Gasteiger partial charge in [-0.05, 0) is 49.1 Å². The predicted molar refractivity (Wildman–Crippen MR) is 71.7 cm³/mol. The maximum Gasteiger partial charge on any atom is 0.260 e. The van der Waals surface area contributed by atoms with Crippen molar-refractivity contribution in [2.24, 2.45) is 5.16 Å². The molecule has 0 radical (unpaired) electrons. The zero-order valence-electron chi connectivity index (χ0n) is 10.8.